The van der Waals surface area contributed by atoms with Gasteiger partial charge in [0.1, 0.15) is 28.6 Å². The second kappa shape index (κ2) is 24.7. The standard InChI is InChI=1S/2C26H22ClN3O6S.Ca/c2*1-3-15-12-22(21(27)14-23(15)37(33,34)35)29-30-24-19-10-5-4-7-16(19)11-20(25(24)31)26(32)28-17-8-6-9-18(13-17)36-2;/h2*4-14,31H,3H2,1-2H3,(H,28,32)(H,33,34,35);/q;;+2/p-2. The molecule has 8 rings (SSSR count). The van der Waals surface area contributed by atoms with Gasteiger partial charge in [0, 0.05) is 28.6 Å². The molecule has 0 aliphatic rings. The zero-order valence-corrected chi connectivity index (χ0v) is 45.5. The number of nitrogens with zero attached hydrogens (tertiary/aromatic N) is 5. The zero-order valence-electron chi connectivity index (χ0n) is 40.1. The fraction of sp³-hybridized carbons (Fsp3) is 0.115. The van der Waals surface area contributed by atoms with Crippen LogP contribution in [0.2, 0.25) is 10.0 Å². The molecule has 0 unspecified atom stereocenters. The van der Waals surface area contributed by atoms with Crippen molar-refractivity contribution in [1.29, 1.82) is 0 Å². The van der Waals surface area contributed by atoms with Crippen molar-refractivity contribution in [2.45, 2.75) is 36.5 Å². The Morgan fingerprint density at radius 3 is 1.63 bits per heavy atom. The number of rotatable bonds is 14. The van der Waals surface area contributed by atoms with Crippen molar-refractivity contribution in [2.75, 3.05) is 19.5 Å². The monoisotopic (exact) mass is 1120 g/mol. The van der Waals surface area contributed by atoms with Gasteiger partial charge in [-0.1, -0.05) is 103 Å². The summed E-state index contributed by atoms with van der Waals surface area (Å²) in [6.45, 7) is 3.41. The number of amides is 1. The molecular weight excluding hydrogens is 1080 g/mol. The summed E-state index contributed by atoms with van der Waals surface area (Å²) in [7, 11) is -5.97. The number of benzene rings is 8. The molecule has 8 aromatic rings. The minimum Gasteiger partial charge on any atom is -0.871 e. The Kier molecular flexibility index (Phi) is 19.0. The fourth-order valence-electron chi connectivity index (χ4n) is 7.48. The van der Waals surface area contributed by atoms with Crippen LogP contribution in [-0.2, 0) is 33.1 Å². The molecular formula is C52H42CaCl2N6O12S2. The number of hydrogen-bond donors (Lipinski definition) is 4. The molecule has 75 heavy (non-hydrogen) atoms. The maximum atomic E-state index is 13.3. The van der Waals surface area contributed by atoms with E-state index in [1.807, 2.05) is 0 Å². The number of carbonyl (C=O) groups is 1. The van der Waals surface area contributed by atoms with Crippen molar-refractivity contribution in [2.24, 2.45) is 25.4 Å². The van der Waals surface area contributed by atoms with Crippen molar-refractivity contribution < 1.29 is 55.5 Å². The van der Waals surface area contributed by atoms with Gasteiger partial charge < -0.3 is 30.1 Å². The summed E-state index contributed by atoms with van der Waals surface area (Å²) in [5, 5.41) is 58.7. The van der Waals surface area contributed by atoms with E-state index in [4.69, 9.17) is 32.7 Å². The number of aliphatic imine (C=N–C) groups is 1. The first-order valence-electron chi connectivity index (χ1n) is 22.0. The van der Waals surface area contributed by atoms with Crippen molar-refractivity contribution >= 4 is 149 Å². The van der Waals surface area contributed by atoms with Gasteiger partial charge >= 0.3 is 37.7 Å². The number of phenolic OH excluding ortho intramolecular Hbond substituents is 1. The quantitative estimate of drug-likeness (QED) is 0.0260. The number of carbonyl (C=O) groups excluding carboxylic acids is 1. The molecule has 0 aliphatic heterocycles. The molecule has 0 fully saturated rings. The van der Waals surface area contributed by atoms with Crippen LogP contribution in [-0.4, -0.2) is 94.8 Å². The number of aryl methyl sites for hydroxylation is 2. The van der Waals surface area contributed by atoms with Crippen molar-refractivity contribution in [3.05, 3.63) is 166 Å². The molecule has 1 amide bonds. The van der Waals surface area contributed by atoms with Crippen LogP contribution >= 0.6 is 23.2 Å². The summed E-state index contributed by atoms with van der Waals surface area (Å²) in [5.74, 6) is -1.35. The van der Waals surface area contributed by atoms with Crippen LogP contribution in [0.15, 0.2) is 169 Å². The maximum Gasteiger partial charge on any atom is 2.00 e. The number of anilines is 1. The fourth-order valence-corrected chi connectivity index (χ4v) is 9.62. The molecule has 8 aromatic carbocycles. The largest absolute Gasteiger partial charge is 2.00 e. The van der Waals surface area contributed by atoms with Gasteiger partial charge in [-0.05, 0) is 107 Å². The van der Waals surface area contributed by atoms with Crippen LogP contribution in [0.3, 0.4) is 0 Å². The summed E-state index contributed by atoms with van der Waals surface area (Å²) in [4.78, 5) is 16.5. The second-order valence-corrected chi connectivity index (χ2v) is 19.4. The normalized spacial score (nSPS) is 11.9. The topological polar surface area (TPSA) is 284 Å². The Morgan fingerprint density at radius 1 is 0.627 bits per heavy atom. The van der Waals surface area contributed by atoms with E-state index in [2.05, 4.69) is 30.8 Å². The van der Waals surface area contributed by atoms with Crippen molar-refractivity contribution in [1.82, 2.24) is 0 Å². The molecule has 0 heterocycles. The van der Waals surface area contributed by atoms with Gasteiger partial charge in [-0.15, -0.1) is 15.3 Å². The maximum absolute atomic E-state index is 13.3. The minimum absolute atomic E-state index is 0. The van der Waals surface area contributed by atoms with Gasteiger partial charge in [-0.2, -0.15) is 21.9 Å². The van der Waals surface area contributed by atoms with Gasteiger partial charge in [0.05, 0.1) is 51.0 Å². The Labute approximate surface area is 470 Å². The number of fused-ring (bicyclic) bond motifs is 2. The summed E-state index contributed by atoms with van der Waals surface area (Å²) in [6.07, 6.45) is 0.545. The molecule has 0 atom stereocenters. The molecule has 0 bridgehead atoms. The van der Waals surface area contributed by atoms with E-state index in [9.17, 15) is 46.1 Å². The molecule has 4 N–H and O–H groups in total. The first-order valence-corrected chi connectivity index (χ1v) is 25.6. The van der Waals surface area contributed by atoms with Crippen LogP contribution < -0.4 is 25.0 Å². The number of hydrogen-bond acceptors (Lipinski definition) is 15. The number of ether oxygens (including phenoxy) is 2. The Bertz CT molecular complexity index is 3830. The minimum atomic E-state index is -4.50. The smallest absolute Gasteiger partial charge is 0.871 e. The zero-order chi connectivity index (χ0) is 53.5. The first-order chi connectivity index (χ1) is 35.2. The third kappa shape index (κ3) is 13.6. The van der Waals surface area contributed by atoms with Crippen molar-refractivity contribution in [3.8, 4) is 23.0 Å². The number of methoxy groups -OCH3 is 2. The van der Waals surface area contributed by atoms with E-state index < -0.39 is 43.5 Å². The van der Waals surface area contributed by atoms with Gasteiger partial charge in [-0.25, -0.2) is 0 Å². The molecule has 18 nitrogen and oxygen atoms in total. The SMILES string of the molecule is CCc1cc(N=Nc2c(O)c(C(=O)Nc3cccc(OC)c3)cc3ccccc23)c(Cl)cc1S(=O)(=O)O.CCc1cc(N=Nc2c([O-])c(C([O-])=Nc3cccc(OC)c3)cc3ccccc23)c(Cl)cc1S(=O)(=O)O.[Ca+2]. The third-order valence-corrected chi connectivity index (χ3v) is 13.6. The molecule has 23 heteroatoms. The van der Waals surface area contributed by atoms with E-state index in [0.29, 0.717) is 50.0 Å². The molecule has 0 saturated carbocycles. The summed E-state index contributed by atoms with van der Waals surface area (Å²) in [5.41, 5.74) is 1.27. The van der Waals surface area contributed by atoms with Crippen molar-refractivity contribution in [3.63, 3.8) is 0 Å². The molecule has 0 saturated heterocycles. The average molecular weight is 1120 g/mol. The van der Waals surface area contributed by atoms with Crippen LogP contribution in [0.5, 0.6) is 23.0 Å². The van der Waals surface area contributed by atoms with Gasteiger partial charge in [0.15, 0.2) is 5.75 Å². The summed E-state index contributed by atoms with van der Waals surface area (Å²) in [6, 6.07) is 35.1. The number of nitrogens with one attached hydrogen (secondary N) is 1. The molecule has 0 aliphatic carbocycles. The first kappa shape index (κ1) is 57.6. The van der Waals surface area contributed by atoms with E-state index in [-0.39, 0.29) is 110 Å². The molecule has 0 spiro atoms. The second-order valence-electron chi connectivity index (χ2n) is 15.8. The van der Waals surface area contributed by atoms with E-state index >= 15 is 0 Å². The number of phenols is 1. The Hall–Kier alpha value is -6.72. The Morgan fingerprint density at radius 2 is 1.11 bits per heavy atom. The van der Waals surface area contributed by atoms with E-state index in [1.54, 1.807) is 117 Å². The molecule has 0 aromatic heterocycles. The molecule has 380 valence electrons. The molecule has 0 radical (unpaired) electrons. The number of azo groups is 2. The van der Waals surface area contributed by atoms with Crippen LogP contribution in [0.4, 0.5) is 34.1 Å². The number of aromatic hydroxyl groups is 1. The van der Waals surface area contributed by atoms with Crippen LogP contribution in [0.25, 0.3) is 21.5 Å². The third-order valence-electron chi connectivity index (χ3n) is 11.2. The summed E-state index contributed by atoms with van der Waals surface area (Å²) >= 11 is 12.4. The predicted octanol–water partition coefficient (Wildman–Crippen LogP) is 11.5. The van der Waals surface area contributed by atoms with E-state index in [1.165, 1.54) is 32.4 Å². The van der Waals surface area contributed by atoms with Gasteiger partial charge in [-0.3, -0.25) is 18.9 Å². The Balaban J connectivity index is 0.000000241. The number of halogens is 2. The predicted molar refractivity (Wildman–Crippen MR) is 285 cm³/mol. The van der Waals surface area contributed by atoms with Gasteiger partial charge in [0.2, 0.25) is 0 Å². The van der Waals surface area contributed by atoms with E-state index in [0.717, 1.165) is 12.1 Å². The average Bonchev–Trinajstić information content (AvgIpc) is 3.37. The van der Waals surface area contributed by atoms with Gasteiger partial charge in [0.25, 0.3) is 26.1 Å². The summed E-state index contributed by atoms with van der Waals surface area (Å²) < 4.78 is 76.0. The van der Waals surface area contributed by atoms with Crippen LogP contribution in [0, 0.1) is 0 Å². The van der Waals surface area contributed by atoms with Crippen LogP contribution in [0.1, 0.15) is 40.9 Å².